The molecule has 0 atom stereocenters. The van der Waals surface area contributed by atoms with Crippen molar-refractivity contribution in [2.75, 3.05) is 0 Å². The second-order valence-corrected chi connectivity index (χ2v) is 4.89. The minimum atomic E-state index is 0.905. The molecule has 1 aliphatic rings. The molecular formula is C14H18N2. The van der Waals surface area contributed by atoms with Gasteiger partial charge in [0, 0.05) is 6.54 Å². The molecule has 0 N–H and O–H groups in total. The van der Waals surface area contributed by atoms with Gasteiger partial charge in [-0.1, -0.05) is 13.0 Å². The molecule has 0 radical (unpaired) electrons. The first-order valence-corrected chi connectivity index (χ1v) is 6.23. The second-order valence-electron chi connectivity index (χ2n) is 4.89. The molecule has 16 heavy (non-hydrogen) atoms. The van der Waals surface area contributed by atoms with E-state index < -0.39 is 0 Å². The van der Waals surface area contributed by atoms with E-state index >= 15 is 0 Å². The smallest absolute Gasteiger partial charge is 0.106 e. The Labute approximate surface area is 96.3 Å². The van der Waals surface area contributed by atoms with Gasteiger partial charge in [-0.3, -0.25) is 0 Å². The molecule has 1 saturated carbocycles. The van der Waals surface area contributed by atoms with E-state index in [9.17, 15) is 0 Å². The lowest BCUT2D eigenvalue weighted by molar-refractivity contribution is 0.626. The molecule has 0 spiro atoms. The van der Waals surface area contributed by atoms with Crippen molar-refractivity contribution in [3.8, 4) is 0 Å². The van der Waals surface area contributed by atoms with Gasteiger partial charge in [-0.15, -0.1) is 0 Å². The summed E-state index contributed by atoms with van der Waals surface area (Å²) in [4.78, 5) is 4.67. The summed E-state index contributed by atoms with van der Waals surface area (Å²) < 4.78 is 2.38. The molecule has 84 valence electrons. The third kappa shape index (κ3) is 1.62. The predicted molar refractivity (Wildman–Crippen MR) is 66.6 cm³/mol. The van der Waals surface area contributed by atoms with Crippen molar-refractivity contribution in [1.29, 1.82) is 0 Å². The van der Waals surface area contributed by atoms with Crippen LogP contribution >= 0.6 is 0 Å². The second kappa shape index (κ2) is 3.62. The molecule has 2 aromatic rings. The zero-order valence-corrected chi connectivity index (χ0v) is 10.0. The van der Waals surface area contributed by atoms with Gasteiger partial charge in [0.1, 0.15) is 5.82 Å². The Kier molecular flexibility index (Phi) is 2.23. The van der Waals surface area contributed by atoms with Crippen LogP contribution in [0.5, 0.6) is 0 Å². The molecule has 1 aromatic carbocycles. The van der Waals surface area contributed by atoms with Crippen LogP contribution in [-0.4, -0.2) is 9.55 Å². The number of benzene rings is 1. The lowest BCUT2D eigenvalue weighted by atomic mass is 10.1. The van der Waals surface area contributed by atoms with E-state index in [1.54, 1.807) is 0 Å². The molecule has 0 aliphatic heterocycles. The summed E-state index contributed by atoms with van der Waals surface area (Å²) in [5.41, 5.74) is 3.85. The fraction of sp³-hybridized carbons (Fsp3) is 0.500. The van der Waals surface area contributed by atoms with Crippen molar-refractivity contribution in [3.05, 3.63) is 29.6 Å². The molecule has 2 nitrogen and oxygen atoms in total. The lowest BCUT2D eigenvalue weighted by Gasteiger charge is -2.05. The molecule has 3 rings (SSSR count). The minimum Gasteiger partial charge on any atom is -0.328 e. The standard InChI is InChI=1S/C14H18N2/c1-3-11-6-7-14-13(8-11)15-10(2)16(14)9-12-4-5-12/h6-8,12H,3-5,9H2,1-2H3. The summed E-state index contributed by atoms with van der Waals surface area (Å²) in [6.45, 7) is 5.47. The van der Waals surface area contributed by atoms with Gasteiger partial charge in [0.05, 0.1) is 11.0 Å². The average molecular weight is 214 g/mol. The van der Waals surface area contributed by atoms with Crippen LogP contribution in [0.4, 0.5) is 0 Å². The molecule has 1 heterocycles. The van der Waals surface area contributed by atoms with E-state index in [0.717, 1.165) is 30.2 Å². The first-order chi connectivity index (χ1) is 7.78. The maximum atomic E-state index is 4.67. The van der Waals surface area contributed by atoms with E-state index in [0.29, 0.717) is 0 Å². The number of nitrogens with zero attached hydrogens (tertiary/aromatic N) is 2. The van der Waals surface area contributed by atoms with Gasteiger partial charge in [0.15, 0.2) is 0 Å². The number of fused-ring (bicyclic) bond motifs is 1. The highest BCUT2D eigenvalue weighted by Gasteiger charge is 2.23. The average Bonchev–Trinajstić information content (AvgIpc) is 3.04. The highest BCUT2D eigenvalue weighted by molar-refractivity contribution is 5.76. The molecule has 1 aromatic heterocycles. The Morgan fingerprint density at radius 2 is 2.19 bits per heavy atom. The Bertz CT molecular complexity index is 521. The van der Waals surface area contributed by atoms with Crippen molar-refractivity contribution < 1.29 is 0 Å². The van der Waals surface area contributed by atoms with E-state index in [2.05, 4.69) is 41.6 Å². The van der Waals surface area contributed by atoms with Crippen LogP contribution in [-0.2, 0) is 13.0 Å². The van der Waals surface area contributed by atoms with Gasteiger partial charge in [-0.2, -0.15) is 0 Å². The normalized spacial score (nSPS) is 15.9. The third-order valence-corrected chi connectivity index (χ3v) is 3.55. The van der Waals surface area contributed by atoms with E-state index in [4.69, 9.17) is 0 Å². The van der Waals surface area contributed by atoms with Gasteiger partial charge in [-0.05, 0) is 49.8 Å². The zero-order chi connectivity index (χ0) is 11.1. The zero-order valence-electron chi connectivity index (χ0n) is 10.0. The SMILES string of the molecule is CCc1ccc2c(c1)nc(C)n2CC1CC1. The minimum absolute atomic E-state index is 0.905. The maximum Gasteiger partial charge on any atom is 0.106 e. The Morgan fingerprint density at radius 3 is 2.88 bits per heavy atom. The number of aryl methyl sites for hydroxylation is 2. The highest BCUT2D eigenvalue weighted by atomic mass is 15.1. The van der Waals surface area contributed by atoms with Gasteiger partial charge in [0.25, 0.3) is 0 Å². The van der Waals surface area contributed by atoms with Crippen molar-refractivity contribution >= 4 is 11.0 Å². The van der Waals surface area contributed by atoms with Crippen LogP contribution in [0.3, 0.4) is 0 Å². The van der Waals surface area contributed by atoms with Crippen LogP contribution in [0.15, 0.2) is 18.2 Å². The summed E-state index contributed by atoms with van der Waals surface area (Å²) in [6.07, 6.45) is 3.88. The molecule has 1 fully saturated rings. The fourth-order valence-corrected chi connectivity index (χ4v) is 2.30. The van der Waals surface area contributed by atoms with Crippen LogP contribution in [0.1, 0.15) is 31.2 Å². The summed E-state index contributed by atoms with van der Waals surface area (Å²) in [6, 6.07) is 6.69. The molecule has 0 saturated heterocycles. The van der Waals surface area contributed by atoms with Crippen LogP contribution in [0, 0.1) is 12.8 Å². The Morgan fingerprint density at radius 1 is 1.38 bits per heavy atom. The van der Waals surface area contributed by atoms with E-state index in [-0.39, 0.29) is 0 Å². The monoisotopic (exact) mass is 214 g/mol. The number of imidazole rings is 1. The number of aromatic nitrogens is 2. The topological polar surface area (TPSA) is 17.8 Å². The van der Waals surface area contributed by atoms with Gasteiger partial charge >= 0.3 is 0 Å². The number of hydrogen-bond donors (Lipinski definition) is 0. The van der Waals surface area contributed by atoms with Crippen molar-refractivity contribution in [3.63, 3.8) is 0 Å². The molecule has 0 amide bonds. The van der Waals surface area contributed by atoms with Crippen molar-refractivity contribution in [1.82, 2.24) is 9.55 Å². The Hall–Kier alpha value is -1.31. The van der Waals surface area contributed by atoms with Crippen molar-refractivity contribution in [2.45, 2.75) is 39.7 Å². The number of rotatable bonds is 3. The fourth-order valence-electron chi connectivity index (χ4n) is 2.30. The predicted octanol–water partition coefficient (Wildman–Crippen LogP) is 3.32. The summed E-state index contributed by atoms with van der Waals surface area (Å²) in [5.74, 6) is 2.07. The van der Waals surface area contributed by atoms with Gasteiger partial charge < -0.3 is 4.57 Å². The summed E-state index contributed by atoms with van der Waals surface area (Å²) in [7, 11) is 0. The maximum absolute atomic E-state index is 4.67. The summed E-state index contributed by atoms with van der Waals surface area (Å²) in [5, 5.41) is 0. The quantitative estimate of drug-likeness (QED) is 0.766. The van der Waals surface area contributed by atoms with Crippen LogP contribution < -0.4 is 0 Å². The first-order valence-electron chi connectivity index (χ1n) is 6.23. The van der Waals surface area contributed by atoms with Crippen LogP contribution in [0.25, 0.3) is 11.0 Å². The molecule has 0 unspecified atom stereocenters. The molecule has 0 bridgehead atoms. The largest absolute Gasteiger partial charge is 0.328 e. The van der Waals surface area contributed by atoms with E-state index in [1.807, 2.05) is 0 Å². The lowest BCUT2D eigenvalue weighted by Crippen LogP contribution is -2.01. The Balaban J connectivity index is 2.08. The molecule has 2 heteroatoms. The molecule has 1 aliphatic carbocycles. The van der Waals surface area contributed by atoms with Gasteiger partial charge in [-0.25, -0.2) is 4.98 Å². The number of hydrogen-bond acceptors (Lipinski definition) is 1. The first kappa shape index (κ1) is 9.88. The molecular weight excluding hydrogens is 196 g/mol. The van der Waals surface area contributed by atoms with Crippen LogP contribution in [0.2, 0.25) is 0 Å². The highest BCUT2D eigenvalue weighted by Crippen LogP contribution is 2.32. The van der Waals surface area contributed by atoms with Gasteiger partial charge in [0.2, 0.25) is 0 Å². The van der Waals surface area contributed by atoms with E-state index in [1.165, 1.54) is 23.9 Å². The third-order valence-electron chi connectivity index (χ3n) is 3.55. The summed E-state index contributed by atoms with van der Waals surface area (Å²) >= 11 is 0. The van der Waals surface area contributed by atoms with Crippen molar-refractivity contribution in [2.24, 2.45) is 5.92 Å².